The molecule has 0 bridgehead atoms. The number of carbonyl (C=O) groups is 1. The van der Waals surface area contributed by atoms with Crippen molar-refractivity contribution in [2.45, 2.75) is 32.7 Å². The Kier molecular flexibility index (Phi) is 6.87. The van der Waals surface area contributed by atoms with Crippen LogP contribution < -0.4 is 11.1 Å². The zero-order valence-electron chi connectivity index (χ0n) is 12.6. The van der Waals surface area contributed by atoms with Gasteiger partial charge in [0, 0.05) is 31.1 Å². The lowest BCUT2D eigenvalue weighted by molar-refractivity contribution is 0.133. The van der Waals surface area contributed by atoms with Gasteiger partial charge < -0.3 is 20.7 Å². The van der Waals surface area contributed by atoms with Crippen molar-refractivity contribution in [3.05, 3.63) is 24.3 Å². The minimum atomic E-state index is -0.110. The molecule has 0 aromatic heterocycles. The molecule has 0 aliphatic heterocycles. The summed E-state index contributed by atoms with van der Waals surface area (Å²) in [4.78, 5) is 14.2. The number of rotatable bonds is 7. The van der Waals surface area contributed by atoms with Crippen LogP contribution in [0, 0.1) is 0 Å². The van der Waals surface area contributed by atoms with Gasteiger partial charge in [-0.15, -0.1) is 0 Å². The number of carbonyl (C=O) groups excluding carboxylic acids is 1. The van der Waals surface area contributed by atoms with E-state index in [0.717, 1.165) is 12.8 Å². The molecule has 0 aliphatic carbocycles. The van der Waals surface area contributed by atoms with Crippen LogP contribution in [0.5, 0.6) is 0 Å². The number of hydrogen-bond donors (Lipinski definition) is 2. The van der Waals surface area contributed by atoms with Gasteiger partial charge in [-0.25, -0.2) is 4.79 Å². The van der Waals surface area contributed by atoms with Gasteiger partial charge in [0.15, 0.2) is 0 Å². The van der Waals surface area contributed by atoms with E-state index in [0.29, 0.717) is 24.5 Å². The van der Waals surface area contributed by atoms with E-state index in [1.54, 1.807) is 19.2 Å². The summed E-state index contributed by atoms with van der Waals surface area (Å²) in [5.74, 6) is 0. The molecular weight excluding hydrogens is 254 g/mol. The maximum absolute atomic E-state index is 12.4. The van der Waals surface area contributed by atoms with Crippen molar-refractivity contribution in [1.82, 2.24) is 4.90 Å². The summed E-state index contributed by atoms with van der Waals surface area (Å²) in [5, 5.41) is 2.89. The first-order valence-corrected chi connectivity index (χ1v) is 7.04. The zero-order valence-corrected chi connectivity index (χ0v) is 12.6. The molecule has 2 amide bonds. The van der Waals surface area contributed by atoms with Gasteiger partial charge in [-0.2, -0.15) is 0 Å². The van der Waals surface area contributed by atoms with Crippen molar-refractivity contribution < 1.29 is 9.53 Å². The first-order valence-electron chi connectivity index (χ1n) is 7.04. The first kappa shape index (κ1) is 16.3. The highest BCUT2D eigenvalue weighted by atomic mass is 16.5. The maximum Gasteiger partial charge on any atom is 0.322 e. The molecule has 1 rings (SSSR count). The van der Waals surface area contributed by atoms with Crippen LogP contribution in [0.2, 0.25) is 0 Å². The van der Waals surface area contributed by atoms with Crippen molar-refractivity contribution in [1.29, 1.82) is 0 Å². The van der Waals surface area contributed by atoms with Gasteiger partial charge >= 0.3 is 6.03 Å². The molecule has 0 radical (unpaired) electrons. The number of amides is 2. The lowest BCUT2D eigenvalue weighted by Gasteiger charge is -2.30. The molecule has 0 heterocycles. The molecule has 5 nitrogen and oxygen atoms in total. The van der Waals surface area contributed by atoms with Gasteiger partial charge in [0.25, 0.3) is 0 Å². The number of benzene rings is 1. The van der Waals surface area contributed by atoms with E-state index in [1.165, 1.54) is 0 Å². The van der Waals surface area contributed by atoms with E-state index in [9.17, 15) is 4.79 Å². The van der Waals surface area contributed by atoms with Crippen LogP contribution in [0.15, 0.2) is 24.3 Å². The second-order valence-corrected chi connectivity index (χ2v) is 4.71. The van der Waals surface area contributed by atoms with Crippen LogP contribution in [0.3, 0.4) is 0 Å². The molecule has 112 valence electrons. The van der Waals surface area contributed by atoms with Gasteiger partial charge in [0.2, 0.25) is 0 Å². The smallest absolute Gasteiger partial charge is 0.322 e. The lowest BCUT2D eigenvalue weighted by Crippen LogP contribution is -2.44. The summed E-state index contributed by atoms with van der Waals surface area (Å²) in [6, 6.07) is 7.29. The number of ether oxygens (including phenoxy) is 1. The third-order valence-electron chi connectivity index (χ3n) is 3.32. The number of nitrogen functional groups attached to an aromatic ring is 1. The average Bonchev–Trinajstić information content (AvgIpc) is 2.43. The van der Waals surface area contributed by atoms with Crippen molar-refractivity contribution in [2.24, 2.45) is 0 Å². The van der Waals surface area contributed by atoms with E-state index in [1.807, 2.05) is 17.0 Å². The van der Waals surface area contributed by atoms with E-state index in [-0.39, 0.29) is 12.1 Å². The summed E-state index contributed by atoms with van der Waals surface area (Å²) >= 11 is 0. The predicted octanol–water partition coefficient (Wildman–Crippen LogP) is 2.94. The van der Waals surface area contributed by atoms with Gasteiger partial charge in [-0.3, -0.25) is 0 Å². The van der Waals surface area contributed by atoms with Crippen molar-refractivity contribution in [2.75, 3.05) is 31.3 Å². The van der Waals surface area contributed by atoms with Crippen LogP contribution in [-0.4, -0.2) is 37.2 Å². The standard InChI is InChI=1S/C15H25N3O2/c1-4-14(5-2)18(9-10-20-3)15(19)17-13-8-6-7-12(16)11-13/h6-8,11,14H,4-5,9-10,16H2,1-3H3,(H,17,19). The van der Waals surface area contributed by atoms with Gasteiger partial charge in [-0.05, 0) is 31.0 Å². The molecule has 0 fully saturated rings. The highest BCUT2D eigenvalue weighted by Gasteiger charge is 2.20. The van der Waals surface area contributed by atoms with Crippen molar-refractivity contribution in [3.63, 3.8) is 0 Å². The van der Waals surface area contributed by atoms with Crippen LogP contribution in [0.25, 0.3) is 0 Å². The first-order chi connectivity index (χ1) is 9.62. The average molecular weight is 279 g/mol. The molecule has 0 saturated heterocycles. The van der Waals surface area contributed by atoms with E-state index >= 15 is 0 Å². The quantitative estimate of drug-likeness (QED) is 0.754. The third kappa shape index (κ3) is 4.74. The minimum Gasteiger partial charge on any atom is -0.399 e. The largest absolute Gasteiger partial charge is 0.399 e. The van der Waals surface area contributed by atoms with Gasteiger partial charge in [0.05, 0.1) is 6.61 Å². The fourth-order valence-electron chi connectivity index (χ4n) is 2.18. The molecule has 5 heteroatoms. The molecule has 1 aromatic rings. The number of hydrogen-bond acceptors (Lipinski definition) is 3. The number of anilines is 2. The van der Waals surface area contributed by atoms with Crippen LogP contribution >= 0.6 is 0 Å². The van der Waals surface area contributed by atoms with E-state index < -0.39 is 0 Å². The number of urea groups is 1. The Morgan fingerprint density at radius 2 is 2.10 bits per heavy atom. The molecular formula is C15H25N3O2. The zero-order chi connectivity index (χ0) is 15.0. The highest BCUT2D eigenvalue weighted by Crippen LogP contribution is 2.15. The predicted molar refractivity (Wildman–Crippen MR) is 82.8 cm³/mol. The monoisotopic (exact) mass is 279 g/mol. The fourth-order valence-corrected chi connectivity index (χ4v) is 2.18. The molecule has 0 unspecified atom stereocenters. The van der Waals surface area contributed by atoms with Crippen LogP contribution in [-0.2, 0) is 4.74 Å². The van der Waals surface area contributed by atoms with Crippen molar-refractivity contribution >= 4 is 17.4 Å². The molecule has 1 aromatic carbocycles. The summed E-state index contributed by atoms with van der Waals surface area (Å²) in [7, 11) is 1.64. The Hall–Kier alpha value is -1.75. The summed E-state index contributed by atoms with van der Waals surface area (Å²) in [5.41, 5.74) is 7.06. The number of nitrogens with two attached hydrogens (primary N) is 1. The minimum absolute atomic E-state index is 0.110. The maximum atomic E-state index is 12.4. The number of methoxy groups -OCH3 is 1. The van der Waals surface area contributed by atoms with E-state index in [4.69, 9.17) is 10.5 Å². The summed E-state index contributed by atoms with van der Waals surface area (Å²) in [6.45, 7) is 5.28. The summed E-state index contributed by atoms with van der Waals surface area (Å²) in [6.07, 6.45) is 1.84. The van der Waals surface area contributed by atoms with Gasteiger partial charge in [-0.1, -0.05) is 19.9 Å². The normalized spacial score (nSPS) is 10.6. The SMILES string of the molecule is CCC(CC)N(CCOC)C(=O)Nc1cccc(N)c1. The number of nitrogens with zero attached hydrogens (tertiary/aromatic N) is 1. The fraction of sp³-hybridized carbons (Fsp3) is 0.533. The Labute approximate surface area is 121 Å². The Balaban J connectivity index is 2.76. The Bertz CT molecular complexity index is 419. The summed E-state index contributed by atoms with van der Waals surface area (Å²) < 4.78 is 5.09. The molecule has 0 aliphatic rings. The molecule has 3 N–H and O–H groups in total. The van der Waals surface area contributed by atoms with E-state index in [2.05, 4.69) is 19.2 Å². The van der Waals surface area contributed by atoms with Gasteiger partial charge in [0.1, 0.15) is 0 Å². The molecule has 20 heavy (non-hydrogen) atoms. The lowest BCUT2D eigenvalue weighted by atomic mass is 10.1. The second-order valence-electron chi connectivity index (χ2n) is 4.71. The molecule has 0 spiro atoms. The highest BCUT2D eigenvalue weighted by molar-refractivity contribution is 5.90. The number of nitrogens with one attached hydrogen (secondary N) is 1. The molecule has 0 atom stereocenters. The Morgan fingerprint density at radius 1 is 1.40 bits per heavy atom. The third-order valence-corrected chi connectivity index (χ3v) is 3.32. The molecule has 0 saturated carbocycles. The van der Waals surface area contributed by atoms with Crippen molar-refractivity contribution in [3.8, 4) is 0 Å². The Morgan fingerprint density at radius 3 is 2.65 bits per heavy atom. The van der Waals surface area contributed by atoms with Crippen LogP contribution in [0.4, 0.5) is 16.2 Å². The second kappa shape index (κ2) is 8.43. The van der Waals surface area contributed by atoms with Crippen LogP contribution in [0.1, 0.15) is 26.7 Å². The topological polar surface area (TPSA) is 67.6 Å².